The van der Waals surface area contributed by atoms with E-state index >= 15 is 0 Å². The SMILES string of the molecule is CCc1ccc([C@H](C)NC(=O)[C@H](C)Sc2ccccc2)cc1. The number of carbonyl (C=O) groups excluding carboxylic acids is 1. The van der Waals surface area contributed by atoms with Gasteiger partial charge in [0.25, 0.3) is 0 Å². The summed E-state index contributed by atoms with van der Waals surface area (Å²) < 4.78 is 0. The van der Waals surface area contributed by atoms with Crippen molar-refractivity contribution in [2.75, 3.05) is 0 Å². The molecule has 22 heavy (non-hydrogen) atoms. The number of amides is 1. The van der Waals surface area contributed by atoms with Crippen molar-refractivity contribution in [2.45, 2.75) is 43.4 Å². The van der Waals surface area contributed by atoms with E-state index in [-0.39, 0.29) is 17.2 Å². The molecule has 1 N–H and O–H groups in total. The number of benzene rings is 2. The highest BCUT2D eigenvalue weighted by Gasteiger charge is 2.17. The molecule has 0 fully saturated rings. The average molecular weight is 313 g/mol. The molecular weight excluding hydrogens is 290 g/mol. The Balaban J connectivity index is 1.92. The molecular formula is C19H23NOS. The van der Waals surface area contributed by atoms with E-state index in [0.29, 0.717) is 0 Å². The highest BCUT2D eigenvalue weighted by molar-refractivity contribution is 8.00. The van der Waals surface area contributed by atoms with Crippen molar-refractivity contribution in [3.63, 3.8) is 0 Å². The molecule has 0 bridgehead atoms. The Morgan fingerprint density at radius 1 is 1.05 bits per heavy atom. The minimum Gasteiger partial charge on any atom is -0.349 e. The number of hydrogen-bond donors (Lipinski definition) is 1. The Kier molecular flexibility index (Phi) is 6.08. The van der Waals surface area contributed by atoms with Crippen LogP contribution in [0.4, 0.5) is 0 Å². The molecule has 0 radical (unpaired) electrons. The first-order valence-electron chi connectivity index (χ1n) is 7.71. The van der Waals surface area contributed by atoms with E-state index in [9.17, 15) is 4.79 Å². The highest BCUT2D eigenvalue weighted by atomic mass is 32.2. The Bertz CT molecular complexity index is 595. The van der Waals surface area contributed by atoms with Crippen molar-refractivity contribution < 1.29 is 4.79 Å². The molecule has 2 nitrogen and oxygen atoms in total. The molecule has 2 aromatic rings. The van der Waals surface area contributed by atoms with Crippen LogP contribution in [-0.2, 0) is 11.2 Å². The van der Waals surface area contributed by atoms with Crippen LogP contribution >= 0.6 is 11.8 Å². The van der Waals surface area contributed by atoms with Crippen molar-refractivity contribution in [2.24, 2.45) is 0 Å². The van der Waals surface area contributed by atoms with Gasteiger partial charge in [-0.1, -0.05) is 49.4 Å². The van der Waals surface area contributed by atoms with E-state index in [4.69, 9.17) is 0 Å². The monoisotopic (exact) mass is 313 g/mol. The van der Waals surface area contributed by atoms with Gasteiger partial charge in [-0.05, 0) is 43.5 Å². The Morgan fingerprint density at radius 2 is 1.68 bits per heavy atom. The Labute approximate surface area is 137 Å². The molecule has 0 aromatic heterocycles. The predicted molar refractivity (Wildman–Crippen MR) is 94.1 cm³/mol. The van der Waals surface area contributed by atoms with E-state index in [2.05, 4.69) is 36.5 Å². The van der Waals surface area contributed by atoms with Gasteiger partial charge in [-0.15, -0.1) is 11.8 Å². The second-order valence-electron chi connectivity index (χ2n) is 5.40. The zero-order chi connectivity index (χ0) is 15.9. The summed E-state index contributed by atoms with van der Waals surface area (Å²) in [5, 5.41) is 2.98. The third kappa shape index (κ3) is 4.63. The van der Waals surface area contributed by atoms with Gasteiger partial charge in [-0.3, -0.25) is 4.79 Å². The largest absolute Gasteiger partial charge is 0.349 e. The number of rotatable bonds is 6. The van der Waals surface area contributed by atoms with Crippen LogP contribution in [0.15, 0.2) is 59.5 Å². The lowest BCUT2D eigenvalue weighted by Gasteiger charge is -2.18. The predicted octanol–water partition coefficient (Wildman–Crippen LogP) is 4.61. The molecule has 0 heterocycles. The molecule has 0 spiro atoms. The lowest BCUT2D eigenvalue weighted by molar-refractivity contribution is -0.120. The van der Waals surface area contributed by atoms with Gasteiger partial charge >= 0.3 is 0 Å². The molecule has 0 aliphatic heterocycles. The van der Waals surface area contributed by atoms with Crippen LogP contribution in [0, 0.1) is 0 Å². The van der Waals surface area contributed by atoms with Gasteiger partial charge < -0.3 is 5.32 Å². The zero-order valence-corrected chi connectivity index (χ0v) is 14.2. The lowest BCUT2D eigenvalue weighted by Crippen LogP contribution is -2.33. The van der Waals surface area contributed by atoms with Crippen molar-refractivity contribution in [1.82, 2.24) is 5.32 Å². The van der Waals surface area contributed by atoms with Gasteiger partial charge in [0.1, 0.15) is 0 Å². The standard InChI is InChI=1S/C19H23NOS/c1-4-16-10-12-17(13-11-16)14(2)20-19(21)15(3)22-18-8-6-5-7-9-18/h5-15H,4H2,1-3H3,(H,20,21)/t14-,15-/m0/s1. The maximum Gasteiger partial charge on any atom is 0.233 e. The summed E-state index contributed by atoms with van der Waals surface area (Å²) in [6, 6.07) is 18.5. The van der Waals surface area contributed by atoms with E-state index in [1.165, 1.54) is 5.56 Å². The minimum absolute atomic E-state index is 0.0252. The first kappa shape index (κ1) is 16.6. The third-order valence-corrected chi connectivity index (χ3v) is 4.78. The Morgan fingerprint density at radius 3 is 2.27 bits per heavy atom. The number of aryl methyl sites for hydroxylation is 1. The van der Waals surface area contributed by atoms with Gasteiger partial charge in [0, 0.05) is 4.90 Å². The van der Waals surface area contributed by atoms with Crippen LogP contribution < -0.4 is 5.32 Å². The van der Waals surface area contributed by atoms with Gasteiger partial charge in [-0.2, -0.15) is 0 Å². The molecule has 3 heteroatoms. The molecule has 0 aliphatic rings. The molecule has 1 amide bonds. The number of nitrogens with one attached hydrogen (secondary N) is 1. The molecule has 2 aromatic carbocycles. The van der Waals surface area contributed by atoms with E-state index in [1.54, 1.807) is 11.8 Å². The summed E-state index contributed by atoms with van der Waals surface area (Å²) in [5.74, 6) is 0.0703. The van der Waals surface area contributed by atoms with E-state index in [0.717, 1.165) is 16.9 Å². The fraction of sp³-hybridized carbons (Fsp3) is 0.316. The second kappa shape index (κ2) is 8.04. The summed E-state index contributed by atoms with van der Waals surface area (Å²) >= 11 is 1.58. The number of hydrogen-bond acceptors (Lipinski definition) is 2. The summed E-state index contributed by atoms with van der Waals surface area (Å²) in [4.78, 5) is 13.4. The first-order valence-corrected chi connectivity index (χ1v) is 8.59. The molecule has 0 aliphatic carbocycles. The maximum atomic E-state index is 12.3. The lowest BCUT2D eigenvalue weighted by atomic mass is 10.0. The third-order valence-electron chi connectivity index (χ3n) is 3.67. The summed E-state index contributed by atoms with van der Waals surface area (Å²) in [6.07, 6.45) is 1.03. The smallest absolute Gasteiger partial charge is 0.233 e. The van der Waals surface area contributed by atoms with Gasteiger partial charge in [0.05, 0.1) is 11.3 Å². The van der Waals surface area contributed by atoms with Crippen LogP contribution in [0.5, 0.6) is 0 Å². The van der Waals surface area contributed by atoms with Crippen molar-refractivity contribution in [1.29, 1.82) is 0 Å². The normalized spacial score (nSPS) is 13.4. The van der Waals surface area contributed by atoms with Crippen LogP contribution in [0.1, 0.15) is 37.9 Å². The van der Waals surface area contributed by atoms with Crippen LogP contribution in [0.2, 0.25) is 0 Å². The van der Waals surface area contributed by atoms with Gasteiger partial charge in [0.15, 0.2) is 0 Å². The molecule has 2 atom stereocenters. The molecule has 0 saturated heterocycles. The highest BCUT2D eigenvalue weighted by Crippen LogP contribution is 2.23. The molecule has 0 unspecified atom stereocenters. The number of thioether (sulfide) groups is 1. The van der Waals surface area contributed by atoms with Crippen molar-refractivity contribution >= 4 is 17.7 Å². The minimum atomic E-state index is -0.111. The fourth-order valence-electron chi connectivity index (χ4n) is 2.21. The van der Waals surface area contributed by atoms with Crippen molar-refractivity contribution in [3.8, 4) is 0 Å². The van der Waals surface area contributed by atoms with Crippen LogP contribution in [0.25, 0.3) is 0 Å². The summed E-state index contributed by atoms with van der Waals surface area (Å²) in [6.45, 7) is 6.11. The molecule has 0 saturated carbocycles. The van der Waals surface area contributed by atoms with Crippen LogP contribution in [0.3, 0.4) is 0 Å². The van der Waals surface area contributed by atoms with Crippen LogP contribution in [-0.4, -0.2) is 11.2 Å². The zero-order valence-electron chi connectivity index (χ0n) is 13.4. The molecule has 116 valence electrons. The van der Waals surface area contributed by atoms with Crippen molar-refractivity contribution in [3.05, 3.63) is 65.7 Å². The number of carbonyl (C=O) groups is 1. The fourth-order valence-corrected chi connectivity index (χ4v) is 3.11. The first-order chi connectivity index (χ1) is 10.6. The quantitative estimate of drug-likeness (QED) is 0.789. The summed E-state index contributed by atoms with van der Waals surface area (Å²) in [5.41, 5.74) is 2.46. The van der Waals surface area contributed by atoms with Gasteiger partial charge in [-0.25, -0.2) is 0 Å². The molecule has 2 rings (SSSR count). The Hall–Kier alpha value is -1.74. The topological polar surface area (TPSA) is 29.1 Å². The van der Waals surface area contributed by atoms with E-state index in [1.807, 2.05) is 44.2 Å². The average Bonchev–Trinajstić information content (AvgIpc) is 2.55. The maximum absolute atomic E-state index is 12.3. The summed E-state index contributed by atoms with van der Waals surface area (Å²) in [7, 11) is 0. The second-order valence-corrected chi connectivity index (χ2v) is 6.81. The van der Waals surface area contributed by atoms with Gasteiger partial charge in [0.2, 0.25) is 5.91 Å². The van der Waals surface area contributed by atoms with E-state index < -0.39 is 0 Å².